The Morgan fingerprint density at radius 2 is 1.93 bits per heavy atom. The summed E-state index contributed by atoms with van der Waals surface area (Å²) in [4.78, 5) is 12.3. The van der Waals surface area contributed by atoms with Gasteiger partial charge in [-0.05, 0) is 30.7 Å². The number of nitrogens with zero attached hydrogens (tertiary/aromatic N) is 4. The summed E-state index contributed by atoms with van der Waals surface area (Å²) in [7, 11) is -0.882. The van der Waals surface area contributed by atoms with Crippen LogP contribution in [0.15, 0.2) is 47.4 Å². The van der Waals surface area contributed by atoms with Crippen LogP contribution in [0.4, 0.5) is 0 Å². The maximum atomic E-state index is 12.9. The second-order valence-electron chi connectivity index (χ2n) is 6.98. The first kappa shape index (κ1) is 21.9. The van der Waals surface area contributed by atoms with Crippen LogP contribution in [0.25, 0.3) is 11.0 Å². The number of rotatable bonds is 9. The number of amides is 1. The van der Waals surface area contributed by atoms with Crippen molar-refractivity contribution >= 4 is 27.0 Å². The van der Waals surface area contributed by atoms with E-state index in [0.29, 0.717) is 30.7 Å². The Labute approximate surface area is 175 Å². The van der Waals surface area contributed by atoms with Gasteiger partial charge in [-0.25, -0.2) is 13.1 Å². The number of hydrogen-bond acceptors (Lipinski definition) is 6. The number of sulfonamides is 1. The Hall–Kier alpha value is -2.82. The van der Waals surface area contributed by atoms with Gasteiger partial charge in [0.15, 0.2) is 0 Å². The predicted octanol–water partition coefficient (Wildman–Crippen LogP) is 1.32. The van der Waals surface area contributed by atoms with Crippen molar-refractivity contribution in [3.05, 3.63) is 53.6 Å². The summed E-state index contributed by atoms with van der Waals surface area (Å²) in [5.41, 5.74) is 3.25. The standard InChI is InChI=1S/C20H25N5O4S/c1-15-4-6-16(7-5-15)13-21-20(26)14-24(2)30(27,28)17-8-9-19-18(12-17)22-23-25(19)10-11-29-3/h4-9,12H,10-11,13-14H2,1-3H3,(H,21,26). The molecule has 1 heterocycles. The van der Waals surface area contributed by atoms with Gasteiger partial charge in [0.25, 0.3) is 0 Å². The number of ether oxygens (including phenoxy) is 1. The van der Waals surface area contributed by atoms with Crippen LogP contribution in [0.5, 0.6) is 0 Å². The third-order valence-electron chi connectivity index (χ3n) is 4.68. The summed E-state index contributed by atoms with van der Waals surface area (Å²) in [5, 5.41) is 10.8. The largest absolute Gasteiger partial charge is 0.383 e. The molecule has 0 atom stereocenters. The van der Waals surface area contributed by atoms with E-state index in [-0.39, 0.29) is 17.3 Å². The molecule has 30 heavy (non-hydrogen) atoms. The summed E-state index contributed by atoms with van der Waals surface area (Å²) in [6, 6.07) is 12.4. The van der Waals surface area contributed by atoms with Gasteiger partial charge in [0.2, 0.25) is 15.9 Å². The zero-order valence-corrected chi connectivity index (χ0v) is 18.0. The van der Waals surface area contributed by atoms with Crippen molar-refractivity contribution in [1.82, 2.24) is 24.6 Å². The van der Waals surface area contributed by atoms with Gasteiger partial charge in [-0.15, -0.1) is 5.10 Å². The molecule has 0 fully saturated rings. The smallest absolute Gasteiger partial charge is 0.243 e. The highest BCUT2D eigenvalue weighted by molar-refractivity contribution is 7.89. The number of hydrogen-bond donors (Lipinski definition) is 1. The van der Waals surface area contributed by atoms with Gasteiger partial charge in [-0.2, -0.15) is 4.31 Å². The Kier molecular flexibility index (Phi) is 6.80. The monoisotopic (exact) mass is 431 g/mol. The van der Waals surface area contributed by atoms with Crippen LogP contribution < -0.4 is 5.32 Å². The van der Waals surface area contributed by atoms with E-state index in [0.717, 1.165) is 15.4 Å². The molecule has 1 aromatic heterocycles. The van der Waals surface area contributed by atoms with Crippen LogP contribution in [0.3, 0.4) is 0 Å². The lowest BCUT2D eigenvalue weighted by atomic mass is 10.1. The SMILES string of the molecule is COCCn1nnc2cc(S(=O)(=O)N(C)CC(=O)NCc3ccc(C)cc3)ccc21. The van der Waals surface area contributed by atoms with Crippen LogP contribution in [0.2, 0.25) is 0 Å². The van der Waals surface area contributed by atoms with Gasteiger partial charge < -0.3 is 10.1 Å². The Morgan fingerprint density at radius 1 is 1.20 bits per heavy atom. The fourth-order valence-electron chi connectivity index (χ4n) is 2.88. The highest BCUT2D eigenvalue weighted by Gasteiger charge is 2.24. The number of nitrogens with one attached hydrogen (secondary N) is 1. The molecule has 0 aliphatic heterocycles. The highest BCUT2D eigenvalue weighted by atomic mass is 32.2. The van der Waals surface area contributed by atoms with Crippen molar-refractivity contribution < 1.29 is 17.9 Å². The minimum absolute atomic E-state index is 0.0580. The van der Waals surface area contributed by atoms with Gasteiger partial charge in [-0.1, -0.05) is 35.0 Å². The summed E-state index contributed by atoms with van der Waals surface area (Å²) >= 11 is 0. The predicted molar refractivity (Wildman–Crippen MR) is 112 cm³/mol. The Bertz CT molecular complexity index is 1130. The minimum atomic E-state index is -3.85. The summed E-state index contributed by atoms with van der Waals surface area (Å²) < 4.78 is 33.5. The van der Waals surface area contributed by atoms with E-state index in [4.69, 9.17) is 4.74 Å². The molecule has 3 rings (SSSR count). The first-order chi connectivity index (χ1) is 14.3. The molecule has 0 saturated carbocycles. The number of methoxy groups -OCH3 is 1. The van der Waals surface area contributed by atoms with Crippen LogP contribution in [-0.2, 0) is 32.6 Å². The first-order valence-corrected chi connectivity index (χ1v) is 10.9. The van der Waals surface area contributed by atoms with E-state index in [9.17, 15) is 13.2 Å². The molecule has 2 aromatic carbocycles. The van der Waals surface area contributed by atoms with Gasteiger partial charge in [0.1, 0.15) is 5.52 Å². The molecule has 160 valence electrons. The second-order valence-corrected chi connectivity index (χ2v) is 9.02. The highest BCUT2D eigenvalue weighted by Crippen LogP contribution is 2.20. The number of carbonyl (C=O) groups excluding carboxylic acids is 1. The van der Waals surface area contributed by atoms with Gasteiger partial charge in [0, 0.05) is 20.7 Å². The van der Waals surface area contributed by atoms with Crippen molar-refractivity contribution in [2.45, 2.75) is 24.9 Å². The molecule has 0 aliphatic rings. The van der Waals surface area contributed by atoms with E-state index in [1.807, 2.05) is 31.2 Å². The molecule has 0 spiro atoms. The molecule has 0 aliphatic carbocycles. The second kappa shape index (κ2) is 9.33. The normalized spacial score (nSPS) is 11.9. The molecule has 1 amide bonds. The van der Waals surface area contributed by atoms with E-state index in [1.54, 1.807) is 17.9 Å². The minimum Gasteiger partial charge on any atom is -0.383 e. The number of aromatic nitrogens is 3. The van der Waals surface area contributed by atoms with Crippen molar-refractivity contribution in [2.24, 2.45) is 0 Å². The molecule has 0 unspecified atom stereocenters. The van der Waals surface area contributed by atoms with Crippen LogP contribution >= 0.6 is 0 Å². The molecule has 0 radical (unpaired) electrons. The quantitative estimate of drug-likeness (QED) is 0.548. The maximum absolute atomic E-state index is 12.9. The lowest BCUT2D eigenvalue weighted by Gasteiger charge is -2.17. The molecule has 3 aromatic rings. The number of likely N-dealkylation sites (N-methyl/N-ethyl adjacent to an activating group) is 1. The van der Waals surface area contributed by atoms with E-state index in [1.165, 1.54) is 19.2 Å². The number of aryl methyl sites for hydroxylation is 1. The average Bonchev–Trinajstić information content (AvgIpc) is 3.14. The number of carbonyl (C=O) groups is 1. The zero-order chi connectivity index (χ0) is 21.7. The van der Waals surface area contributed by atoms with E-state index < -0.39 is 10.0 Å². The Balaban J connectivity index is 1.66. The van der Waals surface area contributed by atoms with Crippen molar-refractivity contribution in [2.75, 3.05) is 27.3 Å². The molecule has 9 nitrogen and oxygen atoms in total. The number of fused-ring (bicyclic) bond motifs is 1. The fraction of sp³-hybridized carbons (Fsp3) is 0.350. The first-order valence-electron chi connectivity index (χ1n) is 9.42. The van der Waals surface area contributed by atoms with Crippen LogP contribution in [-0.4, -0.2) is 60.9 Å². The molecule has 1 N–H and O–H groups in total. The summed E-state index contributed by atoms with van der Waals surface area (Å²) in [6.07, 6.45) is 0. The molecule has 0 saturated heterocycles. The summed E-state index contributed by atoms with van der Waals surface area (Å²) in [6.45, 7) is 3.02. The average molecular weight is 432 g/mol. The molecular formula is C20H25N5O4S. The van der Waals surface area contributed by atoms with E-state index in [2.05, 4.69) is 15.6 Å². The van der Waals surface area contributed by atoms with Crippen molar-refractivity contribution in [3.63, 3.8) is 0 Å². The topological polar surface area (TPSA) is 106 Å². The van der Waals surface area contributed by atoms with Crippen molar-refractivity contribution in [3.8, 4) is 0 Å². The third kappa shape index (κ3) is 5.02. The van der Waals surface area contributed by atoms with Crippen molar-refractivity contribution in [1.29, 1.82) is 0 Å². The van der Waals surface area contributed by atoms with Gasteiger partial charge in [-0.3, -0.25) is 4.79 Å². The third-order valence-corrected chi connectivity index (χ3v) is 6.48. The lowest BCUT2D eigenvalue weighted by molar-refractivity contribution is -0.121. The maximum Gasteiger partial charge on any atom is 0.243 e. The van der Waals surface area contributed by atoms with Gasteiger partial charge >= 0.3 is 0 Å². The Morgan fingerprint density at radius 3 is 2.63 bits per heavy atom. The fourth-order valence-corrected chi connectivity index (χ4v) is 4.03. The van der Waals surface area contributed by atoms with Crippen LogP contribution in [0.1, 0.15) is 11.1 Å². The molecule has 10 heteroatoms. The summed E-state index contributed by atoms with van der Waals surface area (Å²) in [5.74, 6) is -0.381. The van der Waals surface area contributed by atoms with E-state index >= 15 is 0 Å². The molecule has 0 bridgehead atoms. The zero-order valence-electron chi connectivity index (χ0n) is 17.2. The molecular weight excluding hydrogens is 406 g/mol. The van der Waals surface area contributed by atoms with Crippen LogP contribution in [0, 0.1) is 6.92 Å². The van der Waals surface area contributed by atoms with Gasteiger partial charge in [0.05, 0.1) is 30.1 Å². The number of benzene rings is 2. The lowest BCUT2D eigenvalue weighted by Crippen LogP contribution is -2.38.